The van der Waals surface area contributed by atoms with E-state index in [1.165, 1.54) is 50.8 Å². The number of hydrogen-bond donors (Lipinski definition) is 1. The highest BCUT2D eigenvalue weighted by atomic mass is 19.4. The normalized spacial score (nSPS) is 13.8. The van der Waals surface area contributed by atoms with Crippen LogP contribution in [0.2, 0.25) is 0 Å². The molecule has 1 N–H and O–H groups in total. The lowest BCUT2D eigenvalue weighted by molar-refractivity contribution is -0.137. The third-order valence-electron chi connectivity index (χ3n) is 6.07. The van der Waals surface area contributed by atoms with Gasteiger partial charge in [0.05, 0.1) is 24.6 Å². The number of anilines is 1. The number of alkyl halides is 3. The number of hydrogen-bond acceptors (Lipinski definition) is 4. The quantitative estimate of drug-likeness (QED) is 0.480. The number of carbonyl (C=O) groups excluding carboxylic acids is 1. The number of pyridine rings is 1. The van der Waals surface area contributed by atoms with Gasteiger partial charge in [0.15, 0.2) is 0 Å². The van der Waals surface area contributed by atoms with Crippen molar-refractivity contribution in [3.8, 4) is 16.9 Å². The smallest absolute Gasteiger partial charge is 0.416 e. The Morgan fingerprint density at radius 3 is 2.47 bits per heavy atom. The van der Waals surface area contributed by atoms with E-state index < -0.39 is 35.5 Å². The Bertz CT molecular complexity index is 1320. The number of aromatic nitrogens is 1. The van der Waals surface area contributed by atoms with Gasteiger partial charge in [0.25, 0.3) is 5.91 Å². The molecular formula is C25H21F4N3O4. The summed E-state index contributed by atoms with van der Waals surface area (Å²) in [5.41, 5.74) is 0.205. The van der Waals surface area contributed by atoms with E-state index >= 15 is 0 Å². The van der Waals surface area contributed by atoms with E-state index in [0.717, 1.165) is 21.9 Å². The molecule has 0 bridgehead atoms. The minimum absolute atomic E-state index is 0.0389. The summed E-state index contributed by atoms with van der Waals surface area (Å²) in [7, 11) is 2.76. The number of amides is 2. The Morgan fingerprint density at radius 1 is 1.11 bits per heavy atom. The van der Waals surface area contributed by atoms with Crippen LogP contribution < -0.4 is 9.64 Å². The third-order valence-corrected chi connectivity index (χ3v) is 6.07. The second-order valence-corrected chi connectivity index (χ2v) is 8.33. The van der Waals surface area contributed by atoms with Crippen molar-refractivity contribution in [3.63, 3.8) is 0 Å². The van der Waals surface area contributed by atoms with Crippen molar-refractivity contribution in [2.24, 2.45) is 0 Å². The fraction of sp³-hybridized carbons (Fsp3) is 0.240. The Kier molecular flexibility index (Phi) is 6.57. The van der Waals surface area contributed by atoms with Crippen LogP contribution in [0.15, 0.2) is 54.9 Å². The van der Waals surface area contributed by atoms with Gasteiger partial charge < -0.3 is 19.6 Å². The Balaban J connectivity index is 1.73. The first kappa shape index (κ1) is 25.0. The molecule has 3 aromatic rings. The molecule has 2 amide bonds. The summed E-state index contributed by atoms with van der Waals surface area (Å²) in [5, 5.41) is 9.05. The van der Waals surface area contributed by atoms with Crippen LogP contribution in [0.1, 0.15) is 27.4 Å². The molecule has 0 atom stereocenters. The molecule has 36 heavy (non-hydrogen) atoms. The van der Waals surface area contributed by atoms with Gasteiger partial charge in [-0.1, -0.05) is 0 Å². The average molecular weight is 503 g/mol. The van der Waals surface area contributed by atoms with Crippen LogP contribution in [0.25, 0.3) is 11.1 Å². The molecule has 0 aliphatic carbocycles. The molecular weight excluding hydrogens is 482 g/mol. The lowest BCUT2D eigenvalue weighted by atomic mass is 9.89. The SMILES string of the molecule is COc1cc(F)ccc1-c1ccncc1N(C)C(=O)c1cc(C2CN(C(=O)O)C2)cc(C(F)(F)F)c1. The molecule has 1 aromatic heterocycles. The molecule has 1 aliphatic heterocycles. The molecule has 1 fully saturated rings. The largest absolute Gasteiger partial charge is 0.496 e. The van der Waals surface area contributed by atoms with Crippen molar-refractivity contribution in [3.05, 3.63) is 77.4 Å². The fourth-order valence-corrected chi connectivity index (χ4v) is 4.09. The predicted octanol–water partition coefficient (Wildman–Crippen LogP) is 5.27. The number of rotatable bonds is 5. The zero-order valence-corrected chi connectivity index (χ0v) is 19.2. The molecule has 0 radical (unpaired) electrons. The van der Waals surface area contributed by atoms with Gasteiger partial charge in [-0.2, -0.15) is 13.2 Å². The molecule has 2 aromatic carbocycles. The van der Waals surface area contributed by atoms with Crippen molar-refractivity contribution in [2.75, 3.05) is 32.1 Å². The van der Waals surface area contributed by atoms with Crippen LogP contribution in [-0.2, 0) is 6.18 Å². The summed E-state index contributed by atoms with van der Waals surface area (Å²) in [4.78, 5) is 30.8. The molecule has 188 valence electrons. The molecule has 0 saturated carbocycles. The van der Waals surface area contributed by atoms with Crippen molar-refractivity contribution < 1.29 is 37.0 Å². The highest BCUT2D eigenvalue weighted by Crippen LogP contribution is 2.38. The molecule has 0 spiro atoms. The Labute approximate surface area is 203 Å². The van der Waals surface area contributed by atoms with E-state index in [1.54, 1.807) is 6.07 Å². The summed E-state index contributed by atoms with van der Waals surface area (Å²) >= 11 is 0. The van der Waals surface area contributed by atoms with Gasteiger partial charge in [-0.05, 0) is 42.0 Å². The van der Waals surface area contributed by atoms with Crippen molar-refractivity contribution in [1.82, 2.24) is 9.88 Å². The van der Waals surface area contributed by atoms with Crippen molar-refractivity contribution in [1.29, 1.82) is 0 Å². The highest BCUT2D eigenvalue weighted by Gasteiger charge is 2.36. The summed E-state index contributed by atoms with van der Waals surface area (Å²) in [6.07, 6.45) is -3.02. The number of nitrogens with zero attached hydrogens (tertiary/aromatic N) is 3. The lowest BCUT2D eigenvalue weighted by Gasteiger charge is -2.37. The van der Waals surface area contributed by atoms with Gasteiger partial charge in [0, 0.05) is 55.0 Å². The van der Waals surface area contributed by atoms with Crippen LogP contribution >= 0.6 is 0 Å². The molecule has 1 saturated heterocycles. The zero-order chi connectivity index (χ0) is 26.2. The lowest BCUT2D eigenvalue weighted by Crippen LogP contribution is -2.47. The molecule has 0 unspecified atom stereocenters. The van der Waals surface area contributed by atoms with Gasteiger partial charge in [-0.3, -0.25) is 9.78 Å². The monoisotopic (exact) mass is 503 g/mol. The van der Waals surface area contributed by atoms with E-state index in [9.17, 15) is 27.2 Å². The van der Waals surface area contributed by atoms with E-state index in [1.807, 2.05) is 0 Å². The van der Waals surface area contributed by atoms with Gasteiger partial charge >= 0.3 is 12.3 Å². The summed E-state index contributed by atoms with van der Waals surface area (Å²) in [6, 6.07) is 8.53. The minimum Gasteiger partial charge on any atom is -0.496 e. The highest BCUT2D eigenvalue weighted by molar-refractivity contribution is 6.08. The van der Waals surface area contributed by atoms with Crippen molar-refractivity contribution >= 4 is 17.7 Å². The van der Waals surface area contributed by atoms with Gasteiger partial charge in [-0.15, -0.1) is 0 Å². The predicted molar refractivity (Wildman–Crippen MR) is 123 cm³/mol. The Hall–Kier alpha value is -4.15. The number of carboxylic acid groups (broad SMARTS) is 1. The second-order valence-electron chi connectivity index (χ2n) is 8.33. The second kappa shape index (κ2) is 9.48. The Morgan fingerprint density at radius 2 is 1.83 bits per heavy atom. The molecule has 11 heteroatoms. The molecule has 4 rings (SSSR count). The average Bonchev–Trinajstić information content (AvgIpc) is 2.81. The van der Waals surface area contributed by atoms with E-state index in [4.69, 9.17) is 9.84 Å². The zero-order valence-electron chi connectivity index (χ0n) is 19.2. The summed E-state index contributed by atoms with van der Waals surface area (Å²) in [6.45, 7) is 0.0778. The number of methoxy groups -OCH3 is 1. The topological polar surface area (TPSA) is 83.0 Å². The van der Waals surface area contributed by atoms with E-state index in [0.29, 0.717) is 11.1 Å². The maximum atomic E-state index is 13.7. The van der Waals surface area contributed by atoms with Crippen LogP contribution in [0.4, 0.5) is 28.0 Å². The fourth-order valence-electron chi connectivity index (χ4n) is 4.09. The molecule has 2 heterocycles. The van der Waals surface area contributed by atoms with Crippen LogP contribution in [0, 0.1) is 5.82 Å². The first-order chi connectivity index (χ1) is 17.0. The van der Waals surface area contributed by atoms with Crippen LogP contribution in [0.5, 0.6) is 5.75 Å². The number of benzene rings is 2. The van der Waals surface area contributed by atoms with Crippen LogP contribution in [0.3, 0.4) is 0 Å². The maximum Gasteiger partial charge on any atom is 0.416 e. The van der Waals surface area contributed by atoms with Crippen LogP contribution in [-0.4, -0.2) is 54.2 Å². The number of carbonyl (C=O) groups is 2. The minimum atomic E-state index is -4.71. The van der Waals surface area contributed by atoms with E-state index in [-0.39, 0.29) is 35.7 Å². The van der Waals surface area contributed by atoms with Gasteiger partial charge in [0.2, 0.25) is 0 Å². The summed E-state index contributed by atoms with van der Waals surface area (Å²) in [5.74, 6) is -1.51. The van der Waals surface area contributed by atoms with Crippen molar-refractivity contribution in [2.45, 2.75) is 12.1 Å². The number of likely N-dealkylation sites (tertiary alicyclic amines) is 1. The molecule has 1 aliphatic rings. The van der Waals surface area contributed by atoms with Gasteiger partial charge in [-0.25, -0.2) is 9.18 Å². The number of halogens is 4. The first-order valence-electron chi connectivity index (χ1n) is 10.8. The standard InChI is InChI=1S/C25H21F4N3O4/c1-31(21-11-30-6-5-19(21)20-4-3-18(26)10-22(20)36-2)23(33)15-7-14(8-17(9-15)25(27,28)29)16-12-32(13-16)24(34)35/h3-11,16H,12-13H2,1-2H3,(H,34,35). The van der Waals surface area contributed by atoms with Gasteiger partial charge in [0.1, 0.15) is 11.6 Å². The summed E-state index contributed by atoms with van der Waals surface area (Å²) < 4.78 is 59.9. The third kappa shape index (κ3) is 4.81. The van der Waals surface area contributed by atoms with E-state index in [2.05, 4.69) is 4.98 Å². The first-order valence-corrected chi connectivity index (χ1v) is 10.8. The number of ether oxygens (including phenoxy) is 1. The maximum absolute atomic E-state index is 13.7. The molecule has 7 nitrogen and oxygen atoms in total.